The molecule has 0 bridgehead atoms. The summed E-state index contributed by atoms with van der Waals surface area (Å²) in [6.07, 6.45) is 0. The van der Waals surface area contributed by atoms with Crippen molar-refractivity contribution in [3.63, 3.8) is 0 Å². The first-order valence-electron chi connectivity index (χ1n) is 4.43. The molecule has 1 heterocycles. The smallest absolute Gasteiger partial charge is 0.225 e. The lowest BCUT2D eigenvalue weighted by Crippen LogP contribution is -1.99. The second-order valence-corrected chi connectivity index (χ2v) is 3.52. The number of nitrogens with one attached hydrogen (secondary N) is 1. The van der Waals surface area contributed by atoms with Gasteiger partial charge in [0.2, 0.25) is 5.28 Å². The van der Waals surface area contributed by atoms with Crippen LogP contribution in [0.5, 0.6) is 0 Å². The van der Waals surface area contributed by atoms with Crippen LogP contribution in [0.25, 0.3) is 10.9 Å². The highest BCUT2D eigenvalue weighted by molar-refractivity contribution is 6.28. The van der Waals surface area contributed by atoms with E-state index in [-0.39, 0.29) is 10.8 Å². The van der Waals surface area contributed by atoms with Gasteiger partial charge in [-0.25, -0.2) is 14.4 Å². The average molecular weight is 226 g/mol. The Morgan fingerprint density at radius 1 is 1.33 bits per heavy atom. The van der Waals surface area contributed by atoms with Gasteiger partial charge in [0.25, 0.3) is 0 Å². The van der Waals surface area contributed by atoms with E-state index in [9.17, 15) is 4.39 Å². The van der Waals surface area contributed by atoms with Crippen LogP contribution in [0.3, 0.4) is 0 Å². The molecule has 0 saturated heterocycles. The molecule has 0 atom stereocenters. The molecule has 15 heavy (non-hydrogen) atoms. The van der Waals surface area contributed by atoms with Crippen LogP contribution in [-0.2, 0) is 0 Å². The number of anilines is 1. The quantitative estimate of drug-likeness (QED) is 0.759. The van der Waals surface area contributed by atoms with Gasteiger partial charge in [-0.1, -0.05) is 6.07 Å². The van der Waals surface area contributed by atoms with Crippen LogP contribution in [0.2, 0.25) is 5.28 Å². The highest BCUT2D eigenvalue weighted by atomic mass is 35.5. The Labute approximate surface area is 91.3 Å². The van der Waals surface area contributed by atoms with E-state index in [1.54, 1.807) is 13.1 Å². The molecule has 0 aliphatic carbocycles. The molecule has 0 spiro atoms. The lowest BCUT2D eigenvalue weighted by Gasteiger charge is -2.08. The van der Waals surface area contributed by atoms with Gasteiger partial charge in [0.15, 0.2) is 0 Å². The Bertz CT molecular complexity index is 528. The molecule has 0 fully saturated rings. The standard InChI is InChI=1S/C10H9ClFN3/c1-5-3-4-6(12)8-7(5)9(13-2)15-10(11)14-8/h3-4H,1-2H3,(H,13,14,15). The highest BCUT2D eigenvalue weighted by Gasteiger charge is 2.11. The van der Waals surface area contributed by atoms with Crippen molar-refractivity contribution in [2.24, 2.45) is 0 Å². The molecule has 2 rings (SSSR count). The first kappa shape index (κ1) is 10.1. The fourth-order valence-corrected chi connectivity index (χ4v) is 1.69. The van der Waals surface area contributed by atoms with Gasteiger partial charge in [-0.15, -0.1) is 0 Å². The molecular weight excluding hydrogens is 217 g/mol. The molecule has 78 valence electrons. The van der Waals surface area contributed by atoms with E-state index in [4.69, 9.17) is 11.6 Å². The van der Waals surface area contributed by atoms with Crippen molar-refractivity contribution in [2.45, 2.75) is 6.92 Å². The number of aromatic nitrogens is 2. The lowest BCUT2D eigenvalue weighted by molar-refractivity contribution is 0.636. The Morgan fingerprint density at radius 2 is 2.07 bits per heavy atom. The van der Waals surface area contributed by atoms with Crippen LogP contribution >= 0.6 is 11.6 Å². The number of hydrogen-bond acceptors (Lipinski definition) is 3. The van der Waals surface area contributed by atoms with Gasteiger partial charge in [0.05, 0.1) is 0 Å². The SMILES string of the molecule is CNc1nc(Cl)nc2c(F)ccc(C)c12. The zero-order chi connectivity index (χ0) is 11.0. The van der Waals surface area contributed by atoms with Gasteiger partial charge in [-0.05, 0) is 30.2 Å². The van der Waals surface area contributed by atoms with Gasteiger partial charge >= 0.3 is 0 Å². The van der Waals surface area contributed by atoms with Crippen molar-refractivity contribution in [1.29, 1.82) is 0 Å². The van der Waals surface area contributed by atoms with E-state index in [0.29, 0.717) is 11.2 Å². The van der Waals surface area contributed by atoms with E-state index in [1.165, 1.54) is 6.07 Å². The minimum atomic E-state index is -0.392. The molecule has 0 radical (unpaired) electrons. The number of fused-ring (bicyclic) bond motifs is 1. The van der Waals surface area contributed by atoms with Crippen molar-refractivity contribution in [2.75, 3.05) is 12.4 Å². The molecule has 0 aliphatic heterocycles. The fourth-order valence-electron chi connectivity index (χ4n) is 1.52. The molecule has 0 amide bonds. The third-order valence-corrected chi connectivity index (χ3v) is 2.39. The van der Waals surface area contributed by atoms with E-state index >= 15 is 0 Å². The number of nitrogens with zero attached hydrogens (tertiary/aromatic N) is 2. The summed E-state index contributed by atoms with van der Waals surface area (Å²) in [6, 6.07) is 3.07. The summed E-state index contributed by atoms with van der Waals surface area (Å²) in [4.78, 5) is 7.88. The maximum absolute atomic E-state index is 13.5. The van der Waals surface area contributed by atoms with Crippen molar-refractivity contribution in [1.82, 2.24) is 9.97 Å². The highest BCUT2D eigenvalue weighted by Crippen LogP contribution is 2.26. The van der Waals surface area contributed by atoms with Crippen LogP contribution in [0.1, 0.15) is 5.56 Å². The maximum Gasteiger partial charge on any atom is 0.225 e. The van der Waals surface area contributed by atoms with Crippen LogP contribution in [0.15, 0.2) is 12.1 Å². The number of halogens is 2. The van der Waals surface area contributed by atoms with Crippen molar-refractivity contribution >= 4 is 28.3 Å². The summed E-state index contributed by atoms with van der Waals surface area (Å²) >= 11 is 5.70. The number of hydrogen-bond donors (Lipinski definition) is 1. The summed E-state index contributed by atoms with van der Waals surface area (Å²) in [6.45, 7) is 1.87. The van der Waals surface area contributed by atoms with Crippen LogP contribution < -0.4 is 5.32 Å². The second-order valence-electron chi connectivity index (χ2n) is 3.18. The summed E-state index contributed by atoms with van der Waals surface area (Å²) in [5.74, 6) is 0.151. The van der Waals surface area contributed by atoms with E-state index in [1.807, 2.05) is 6.92 Å². The minimum absolute atomic E-state index is 0.0383. The predicted molar refractivity (Wildman–Crippen MR) is 58.8 cm³/mol. The molecule has 5 heteroatoms. The Hall–Kier alpha value is -1.42. The molecule has 1 aromatic heterocycles. The minimum Gasteiger partial charge on any atom is -0.372 e. The Balaban J connectivity index is 2.95. The van der Waals surface area contributed by atoms with Crippen LogP contribution in [-0.4, -0.2) is 17.0 Å². The van der Waals surface area contributed by atoms with Crippen molar-refractivity contribution in [3.8, 4) is 0 Å². The summed E-state index contributed by atoms with van der Waals surface area (Å²) < 4.78 is 13.5. The van der Waals surface area contributed by atoms with Crippen LogP contribution in [0.4, 0.5) is 10.2 Å². The van der Waals surface area contributed by atoms with E-state index < -0.39 is 5.82 Å². The molecular formula is C10H9ClFN3. The molecule has 2 aromatic rings. The third kappa shape index (κ3) is 1.61. The van der Waals surface area contributed by atoms with Gasteiger partial charge in [-0.3, -0.25) is 0 Å². The first-order valence-corrected chi connectivity index (χ1v) is 4.81. The monoisotopic (exact) mass is 225 g/mol. The van der Waals surface area contributed by atoms with E-state index in [0.717, 1.165) is 5.56 Å². The third-order valence-electron chi connectivity index (χ3n) is 2.22. The van der Waals surface area contributed by atoms with Gasteiger partial charge in [-0.2, -0.15) is 0 Å². The second kappa shape index (κ2) is 3.62. The number of benzene rings is 1. The summed E-state index contributed by atoms with van der Waals surface area (Å²) in [5.41, 5.74) is 1.16. The van der Waals surface area contributed by atoms with Crippen molar-refractivity contribution < 1.29 is 4.39 Å². The molecule has 1 N–H and O–H groups in total. The molecule has 0 aliphatic rings. The lowest BCUT2D eigenvalue weighted by atomic mass is 10.1. The number of rotatable bonds is 1. The van der Waals surface area contributed by atoms with Gasteiger partial charge < -0.3 is 5.32 Å². The maximum atomic E-state index is 13.5. The number of aryl methyl sites for hydroxylation is 1. The van der Waals surface area contributed by atoms with Gasteiger partial charge in [0.1, 0.15) is 17.2 Å². The zero-order valence-corrected chi connectivity index (χ0v) is 9.06. The van der Waals surface area contributed by atoms with E-state index in [2.05, 4.69) is 15.3 Å². The largest absolute Gasteiger partial charge is 0.372 e. The average Bonchev–Trinajstić information content (AvgIpc) is 2.22. The van der Waals surface area contributed by atoms with Gasteiger partial charge in [0, 0.05) is 12.4 Å². The molecule has 1 aromatic carbocycles. The Kier molecular flexibility index (Phi) is 2.44. The molecule has 3 nitrogen and oxygen atoms in total. The Morgan fingerprint density at radius 3 is 2.73 bits per heavy atom. The van der Waals surface area contributed by atoms with Crippen molar-refractivity contribution in [3.05, 3.63) is 28.8 Å². The fraction of sp³-hybridized carbons (Fsp3) is 0.200. The normalized spacial score (nSPS) is 10.7. The molecule has 0 saturated carbocycles. The molecule has 0 unspecified atom stereocenters. The van der Waals surface area contributed by atoms with Crippen LogP contribution in [0, 0.1) is 12.7 Å². The summed E-state index contributed by atoms with van der Waals surface area (Å²) in [7, 11) is 1.71. The first-order chi connectivity index (χ1) is 7.13. The summed E-state index contributed by atoms with van der Waals surface area (Å²) in [5, 5.41) is 3.58. The topological polar surface area (TPSA) is 37.8 Å². The predicted octanol–water partition coefficient (Wildman–Crippen LogP) is 2.77. The zero-order valence-electron chi connectivity index (χ0n) is 8.31.